The van der Waals surface area contributed by atoms with Crippen molar-refractivity contribution in [3.8, 4) is 5.75 Å². The van der Waals surface area contributed by atoms with Gasteiger partial charge in [-0.15, -0.1) is 0 Å². The number of methoxy groups -OCH3 is 1. The van der Waals surface area contributed by atoms with Gasteiger partial charge in [-0.25, -0.2) is 14.0 Å². The van der Waals surface area contributed by atoms with Crippen LogP contribution in [0.1, 0.15) is 106 Å². The van der Waals surface area contributed by atoms with Crippen LogP contribution in [0, 0.1) is 41.3 Å². The topological polar surface area (TPSA) is 253 Å². The number of rotatable bonds is 21. The number of pyridine rings is 1. The van der Waals surface area contributed by atoms with Crippen molar-refractivity contribution >= 4 is 46.1 Å². The van der Waals surface area contributed by atoms with Crippen LogP contribution in [0.2, 0.25) is 0 Å². The smallest absolute Gasteiger partial charge is 0.492 e. The molecule has 0 radical (unpaired) electrons. The van der Waals surface area contributed by atoms with Crippen LogP contribution in [-0.4, -0.2) is 140 Å². The molecule has 412 valence electrons. The van der Waals surface area contributed by atoms with E-state index in [1.54, 1.807) is 23.6 Å². The molecule has 20 nitrogen and oxygen atoms in total. The third-order valence-corrected chi connectivity index (χ3v) is 17.2. The number of Topliss-reactive ketones (excluding diaryl/α,β-unsaturated/α-hetero) is 1. The molecule has 5 fully saturated rings. The Morgan fingerprint density at radius 3 is 2.28 bits per heavy atom. The monoisotopic (exact) mass is 1060 g/mol. The summed E-state index contributed by atoms with van der Waals surface area (Å²) in [6.45, 7) is 8.48. The number of esters is 3. The van der Waals surface area contributed by atoms with E-state index in [1.165, 1.54) is 13.3 Å². The van der Waals surface area contributed by atoms with Crippen LogP contribution in [0.5, 0.6) is 5.75 Å². The van der Waals surface area contributed by atoms with Gasteiger partial charge in [-0.05, 0) is 88.8 Å². The molecular weight excluding hydrogens is 994 g/mol. The summed E-state index contributed by atoms with van der Waals surface area (Å²) >= 11 is 0. The molecule has 21 heteroatoms. The number of piperazine rings is 1. The molecular formula is C55H68FN3O17. The van der Waals surface area contributed by atoms with Gasteiger partial charge in [0.25, 0.3) is 0 Å². The number of hydrogen-bond donors (Lipinski definition) is 2. The van der Waals surface area contributed by atoms with Crippen LogP contribution in [0.15, 0.2) is 54.5 Å². The average molecular weight is 1060 g/mol. The Kier molecular flexibility index (Phi) is 16.0. The molecule has 1 unspecified atom stereocenters. The summed E-state index contributed by atoms with van der Waals surface area (Å²) in [6, 6.07) is 1.03. The molecule has 5 aliphatic carbocycles. The van der Waals surface area contributed by atoms with E-state index in [1.807, 2.05) is 24.8 Å². The minimum absolute atomic E-state index is 0.0133. The van der Waals surface area contributed by atoms with Gasteiger partial charge in [0.2, 0.25) is 11.2 Å². The van der Waals surface area contributed by atoms with Gasteiger partial charge >= 0.3 is 23.7 Å². The fourth-order valence-electron chi connectivity index (χ4n) is 13.1. The molecule has 3 heterocycles. The number of ether oxygens (including phenoxy) is 6. The lowest BCUT2D eigenvalue weighted by Crippen LogP contribution is -2.61. The SMILES string of the molecule is COc1c(N2CCN(Cc3oc(=O)oc3C)C(C)C2)c(F)cc2c(=O)c(C(=O)OCCOCCOCCOC(=O)CCC(=O)OCC(=O)[C@]3(O)CC[C@@H]4[C@H]5CCC6=CC(=O)C=C[C@@]6(C)[C@@H]5[C@H](O)C[C@]43C)cn(C3CC3)c12. The number of halogens is 1. The number of aryl methyl sites for hydroxylation is 1. The van der Waals surface area contributed by atoms with Gasteiger partial charge in [0.05, 0.1) is 69.9 Å². The molecule has 2 N–H and O–H groups in total. The van der Waals surface area contributed by atoms with E-state index in [9.17, 15) is 43.8 Å². The Balaban J connectivity index is 0.667. The highest BCUT2D eigenvalue weighted by Crippen LogP contribution is 2.67. The highest BCUT2D eigenvalue weighted by molar-refractivity contribution is 6.01. The van der Waals surface area contributed by atoms with Gasteiger partial charge in [-0.2, -0.15) is 0 Å². The van der Waals surface area contributed by atoms with Crippen LogP contribution in [-0.2, 0) is 49.4 Å². The first-order chi connectivity index (χ1) is 36.3. The van der Waals surface area contributed by atoms with Crippen molar-refractivity contribution < 1.29 is 75.8 Å². The minimum atomic E-state index is -1.81. The lowest BCUT2D eigenvalue weighted by molar-refractivity contribution is -0.181. The molecule has 3 aromatic rings. The molecule has 0 amide bonds. The number of fused-ring (bicyclic) bond motifs is 6. The van der Waals surface area contributed by atoms with Gasteiger partial charge in [-0.3, -0.25) is 28.9 Å². The van der Waals surface area contributed by atoms with Crippen molar-refractivity contribution in [1.29, 1.82) is 0 Å². The number of carbonyl (C=O) groups excluding carboxylic acids is 5. The molecule has 9 rings (SSSR count). The summed E-state index contributed by atoms with van der Waals surface area (Å²) in [5.74, 6) is -3.68. The molecule has 1 saturated heterocycles. The van der Waals surface area contributed by atoms with Crippen molar-refractivity contribution in [3.63, 3.8) is 0 Å². The third kappa shape index (κ3) is 10.6. The number of allylic oxidation sites excluding steroid dienone is 4. The number of aliphatic hydroxyl groups excluding tert-OH is 1. The summed E-state index contributed by atoms with van der Waals surface area (Å²) in [5.41, 5.74) is -2.59. The van der Waals surface area contributed by atoms with Crippen LogP contribution in [0.25, 0.3) is 10.9 Å². The molecule has 4 saturated carbocycles. The largest absolute Gasteiger partial charge is 0.519 e. The third-order valence-electron chi connectivity index (χ3n) is 17.2. The Hall–Kier alpha value is -6.00. The Bertz CT molecular complexity index is 2940. The van der Waals surface area contributed by atoms with Crippen LogP contribution >= 0.6 is 0 Å². The van der Waals surface area contributed by atoms with Gasteiger partial charge in [0, 0.05) is 54.7 Å². The van der Waals surface area contributed by atoms with E-state index in [4.69, 9.17) is 37.3 Å². The number of benzene rings is 1. The van der Waals surface area contributed by atoms with Gasteiger partial charge in [-0.1, -0.05) is 25.5 Å². The van der Waals surface area contributed by atoms with E-state index in [-0.39, 0.29) is 123 Å². The predicted octanol–water partition coefficient (Wildman–Crippen LogP) is 4.68. The minimum Gasteiger partial charge on any atom is -0.492 e. The maximum Gasteiger partial charge on any atom is 0.519 e. The van der Waals surface area contributed by atoms with Crippen molar-refractivity contribution in [1.82, 2.24) is 9.47 Å². The van der Waals surface area contributed by atoms with E-state index in [0.29, 0.717) is 56.1 Å². The summed E-state index contributed by atoms with van der Waals surface area (Å²) in [7, 11) is 1.42. The normalized spacial score (nSPS) is 28.1. The average Bonchev–Trinajstić information content (AvgIpc) is 4.28. The summed E-state index contributed by atoms with van der Waals surface area (Å²) in [6.07, 6.45) is 9.05. The number of hydrogen-bond acceptors (Lipinski definition) is 19. The Morgan fingerprint density at radius 1 is 0.908 bits per heavy atom. The second-order valence-electron chi connectivity index (χ2n) is 21.6. The lowest BCUT2D eigenvalue weighted by Gasteiger charge is -2.59. The Morgan fingerprint density at radius 2 is 1.61 bits per heavy atom. The summed E-state index contributed by atoms with van der Waals surface area (Å²) < 4.78 is 60.8. The first-order valence-corrected chi connectivity index (χ1v) is 26.3. The van der Waals surface area contributed by atoms with Crippen LogP contribution < -0.4 is 20.9 Å². The molecule has 1 aliphatic heterocycles. The first-order valence-electron chi connectivity index (χ1n) is 26.3. The maximum atomic E-state index is 16.2. The molecule has 0 spiro atoms. The summed E-state index contributed by atoms with van der Waals surface area (Å²) in [5, 5.41) is 23.5. The number of ketones is 2. The van der Waals surface area contributed by atoms with Gasteiger partial charge < -0.3 is 56.9 Å². The van der Waals surface area contributed by atoms with E-state index >= 15 is 4.39 Å². The van der Waals surface area contributed by atoms with E-state index < -0.39 is 69.9 Å². The molecule has 0 bridgehead atoms. The van der Waals surface area contributed by atoms with Crippen molar-refractivity contribution in [2.45, 2.75) is 116 Å². The standard InChI is InChI=1S/C55H68FN3O17/c1-31-27-58(17-16-57(31)29-42-32(2)75-52(67)76-42)48-40(56)25-37-47(50(48)69-5)59(34-7-8-34)28-38(49(37)65)51(66)73-23-21-71-19-18-70-20-22-72-44(63)10-11-45(64)74-30-43(62)55(68)15-13-39-36-9-6-33-24-35(60)12-14-53(33,3)46(36)41(61)26-54(39,55)4/h12,14,24-25,28,31,34,36,39,41,46,61,68H,6-11,13,15-23,26-27,29-30H2,1-5H3/t31?,36-,39-,41-,46+,53-,54-,55-/m1/s1. The van der Waals surface area contributed by atoms with Crippen molar-refractivity contribution in [2.24, 2.45) is 28.6 Å². The molecule has 76 heavy (non-hydrogen) atoms. The number of aliphatic hydroxyl groups is 2. The van der Waals surface area contributed by atoms with Crippen LogP contribution in [0.3, 0.4) is 0 Å². The van der Waals surface area contributed by atoms with Gasteiger partial charge in [0.15, 0.2) is 29.7 Å². The lowest BCUT2D eigenvalue weighted by atomic mass is 9.46. The highest BCUT2D eigenvalue weighted by atomic mass is 19.1. The molecule has 6 aliphatic rings. The van der Waals surface area contributed by atoms with Crippen LogP contribution in [0.4, 0.5) is 10.1 Å². The fourth-order valence-corrected chi connectivity index (χ4v) is 13.1. The number of nitrogens with zero attached hydrogens (tertiary/aromatic N) is 3. The maximum absolute atomic E-state index is 16.2. The highest BCUT2D eigenvalue weighted by Gasteiger charge is 2.68. The van der Waals surface area contributed by atoms with Crippen molar-refractivity contribution in [3.05, 3.63) is 79.8 Å². The zero-order valence-electron chi connectivity index (χ0n) is 43.7. The quantitative estimate of drug-likeness (QED) is 0.0834. The van der Waals surface area contributed by atoms with Gasteiger partial charge in [0.1, 0.15) is 35.8 Å². The number of anilines is 1. The molecule has 8 atom stereocenters. The van der Waals surface area contributed by atoms with E-state index in [0.717, 1.165) is 30.9 Å². The van der Waals surface area contributed by atoms with E-state index in [2.05, 4.69) is 11.8 Å². The fraction of sp³-hybridized carbons (Fsp3) is 0.618. The second-order valence-corrected chi connectivity index (χ2v) is 21.6. The number of carbonyl (C=O) groups is 5. The molecule has 2 aromatic heterocycles. The number of aromatic nitrogens is 1. The zero-order chi connectivity index (χ0) is 54.3. The summed E-state index contributed by atoms with van der Waals surface area (Å²) in [4.78, 5) is 93.4. The Labute approximate surface area is 438 Å². The van der Waals surface area contributed by atoms with Crippen molar-refractivity contribution in [2.75, 3.05) is 77.9 Å². The molecule has 1 aromatic carbocycles. The predicted molar refractivity (Wildman–Crippen MR) is 268 cm³/mol. The second kappa shape index (κ2) is 22.2. The first kappa shape index (κ1) is 54.8. The zero-order valence-corrected chi connectivity index (χ0v) is 43.7.